The van der Waals surface area contributed by atoms with Gasteiger partial charge in [-0.2, -0.15) is 0 Å². The number of nitrogens with zero attached hydrogens (tertiary/aromatic N) is 2. The topological polar surface area (TPSA) is 79.7 Å². The third-order valence-electron chi connectivity index (χ3n) is 4.59. The summed E-state index contributed by atoms with van der Waals surface area (Å²) in [5, 5.41) is 10.5. The van der Waals surface area contributed by atoms with E-state index in [0.29, 0.717) is 24.9 Å². The first kappa shape index (κ1) is 16.4. The minimum atomic E-state index is -1.29. The van der Waals surface area contributed by atoms with Crippen LogP contribution < -0.4 is 0 Å². The van der Waals surface area contributed by atoms with Crippen LogP contribution in [-0.2, 0) is 9.53 Å². The Morgan fingerprint density at radius 1 is 1.33 bits per heavy atom. The molecule has 1 unspecified atom stereocenters. The zero-order valence-corrected chi connectivity index (χ0v) is 13.8. The molecule has 2 heterocycles. The summed E-state index contributed by atoms with van der Waals surface area (Å²) in [5.41, 5.74) is 0.906. The number of aromatic nitrogens is 1. The Kier molecular flexibility index (Phi) is 4.24. The smallest absolute Gasteiger partial charge is 0.332 e. The van der Waals surface area contributed by atoms with Gasteiger partial charge in [-0.25, -0.2) is 4.79 Å². The van der Waals surface area contributed by atoms with Gasteiger partial charge in [-0.1, -0.05) is 6.07 Å². The van der Waals surface area contributed by atoms with E-state index in [1.165, 1.54) is 12.0 Å². The van der Waals surface area contributed by atoms with Crippen LogP contribution in [0.15, 0.2) is 30.3 Å². The summed E-state index contributed by atoms with van der Waals surface area (Å²) in [6.45, 7) is 2.32. The van der Waals surface area contributed by atoms with Gasteiger partial charge in [0.05, 0.1) is 12.1 Å². The lowest BCUT2D eigenvalue weighted by Crippen LogP contribution is -2.56. The maximum Gasteiger partial charge on any atom is 0.332 e. The van der Waals surface area contributed by atoms with Gasteiger partial charge in [0.2, 0.25) is 0 Å². The van der Waals surface area contributed by atoms with Gasteiger partial charge < -0.3 is 14.7 Å². The number of hydrogen-bond donors (Lipinski definition) is 1. The zero-order valence-electron chi connectivity index (χ0n) is 13.8. The van der Waals surface area contributed by atoms with Crippen LogP contribution >= 0.6 is 0 Å². The molecular formula is C18H20N2O4. The van der Waals surface area contributed by atoms with Crippen molar-refractivity contribution >= 4 is 22.8 Å². The Labute approximate surface area is 140 Å². The van der Waals surface area contributed by atoms with Gasteiger partial charge in [0.1, 0.15) is 0 Å². The Bertz CT molecular complexity index is 805. The van der Waals surface area contributed by atoms with Crippen molar-refractivity contribution in [2.75, 3.05) is 20.3 Å². The molecule has 24 heavy (non-hydrogen) atoms. The van der Waals surface area contributed by atoms with E-state index in [4.69, 9.17) is 4.74 Å². The molecule has 1 aliphatic heterocycles. The summed E-state index contributed by atoms with van der Waals surface area (Å²) in [6, 6.07) is 9.07. The van der Waals surface area contributed by atoms with Crippen molar-refractivity contribution in [2.24, 2.45) is 0 Å². The molecule has 0 radical (unpaired) electrons. The molecule has 2 aromatic rings. The molecule has 6 nitrogen and oxygen atoms in total. The van der Waals surface area contributed by atoms with E-state index in [1.54, 1.807) is 18.2 Å². The Hall–Kier alpha value is -2.47. The lowest BCUT2D eigenvalue weighted by Gasteiger charge is -2.34. The molecular weight excluding hydrogens is 308 g/mol. The first-order valence-electron chi connectivity index (χ1n) is 7.90. The largest absolute Gasteiger partial charge is 0.479 e. The van der Waals surface area contributed by atoms with Gasteiger partial charge in [0.15, 0.2) is 5.54 Å². The highest BCUT2D eigenvalue weighted by molar-refractivity contribution is 6.01. The molecule has 1 aliphatic rings. The van der Waals surface area contributed by atoms with E-state index in [0.717, 1.165) is 16.6 Å². The summed E-state index contributed by atoms with van der Waals surface area (Å²) in [7, 11) is 1.45. The molecule has 0 saturated carbocycles. The van der Waals surface area contributed by atoms with Gasteiger partial charge in [-0.05, 0) is 44.0 Å². The van der Waals surface area contributed by atoms with Crippen molar-refractivity contribution in [3.63, 3.8) is 0 Å². The molecule has 1 aromatic carbocycles. The van der Waals surface area contributed by atoms with Crippen molar-refractivity contribution < 1.29 is 19.4 Å². The number of fused-ring (bicyclic) bond motifs is 1. The van der Waals surface area contributed by atoms with Crippen molar-refractivity contribution in [3.8, 4) is 0 Å². The molecule has 1 aromatic heterocycles. The number of carbonyl (C=O) groups excluding carboxylic acids is 1. The number of carbonyl (C=O) groups is 2. The highest BCUT2D eigenvalue weighted by Crippen LogP contribution is 2.32. The number of likely N-dealkylation sites (tertiary alicyclic amines) is 1. The highest BCUT2D eigenvalue weighted by atomic mass is 16.5. The second kappa shape index (κ2) is 6.20. The normalized spacial score (nSPS) is 20.5. The number of hydrogen-bond acceptors (Lipinski definition) is 4. The summed E-state index contributed by atoms with van der Waals surface area (Å²) in [6.07, 6.45) is 1.05. The first-order valence-corrected chi connectivity index (χ1v) is 7.90. The van der Waals surface area contributed by atoms with Gasteiger partial charge in [0, 0.05) is 30.3 Å². The predicted molar refractivity (Wildman–Crippen MR) is 89.0 cm³/mol. The van der Waals surface area contributed by atoms with Crippen LogP contribution in [0.2, 0.25) is 0 Å². The predicted octanol–water partition coefficient (Wildman–Crippen LogP) is 2.25. The number of methoxy groups -OCH3 is 1. The van der Waals surface area contributed by atoms with Gasteiger partial charge >= 0.3 is 5.97 Å². The van der Waals surface area contributed by atoms with E-state index in [1.807, 2.05) is 19.1 Å². The first-order chi connectivity index (χ1) is 11.5. The number of carboxylic acid groups (broad SMARTS) is 1. The molecule has 0 aliphatic carbocycles. The van der Waals surface area contributed by atoms with Crippen LogP contribution in [-0.4, -0.2) is 52.7 Å². The summed E-state index contributed by atoms with van der Waals surface area (Å²) in [5.74, 6) is -1.30. The SMILES string of the molecule is COCC1(C(=O)O)CCCN1C(=O)c1ccc2nc(C)ccc2c1. The van der Waals surface area contributed by atoms with Crippen molar-refractivity contribution in [2.45, 2.75) is 25.3 Å². The fraction of sp³-hybridized carbons (Fsp3) is 0.389. The molecule has 3 rings (SSSR count). The van der Waals surface area contributed by atoms with Gasteiger partial charge in [0.25, 0.3) is 5.91 Å². The van der Waals surface area contributed by atoms with Gasteiger partial charge in [-0.15, -0.1) is 0 Å². The molecule has 1 saturated heterocycles. The van der Waals surface area contributed by atoms with E-state index >= 15 is 0 Å². The summed E-state index contributed by atoms with van der Waals surface area (Å²) < 4.78 is 5.11. The fourth-order valence-electron chi connectivity index (χ4n) is 3.36. The molecule has 1 fully saturated rings. The average molecular weight is 328 g/mol. The molecule has 1 atom stereocenters. The van der Waals surface area contributed by atoms with Crippen molar-refractivity contribution in [1.82, 2.24) is 9.88 Å². The van der Waals surface area contributed by atoms with Gasteiger partial charge in [-0.3, -0.25) is 9.78 Å². The fourth-order valence-corrected chi connectivity index (χ4v) is 3.36. The Balaban J connectivity index is 1.98. The van der Waals surface area contributed by atoms with E-state index in [-0.39, 0.29) is 12.5 Å². The van der Waals surface area contributed by atoms with Crippen LogP contribution in [0.3, 0.4) is 0 Å². The monoisotopic (exact) mass is 328 g/mol. The molecule has 0 spiro atoms. The minimum absolute atomic E-state index is 0.0115. The summed E-state index contributed by atoms with van der Waals surface area (Å²) in [4.78, 5) is 30.6. The standard InChI is InChI=1S/C18H20N2O4/c1-12-4-5-13-10-14(6-7-15(13)19-12)16(21)20-9-3-8-18(20,11-24-2)17(22)23/h4-7,10H,3,8-9,11H2,1-2H3,(H,22,23). The zero-order chi connectivity index (χ0) is 17.3. The Morgan fingerprint density at radius 2 is 2.12 bits per heavy atom. The van der Waals surface area contributed by atoms with Crippen molar-refractivity contribution in [3.05, 3.63) is 41.6 Å². The number of carboxylic acids is 1. The molecule has 1 N–H and O–H groups in total. The summed E-state index contributed by atoms with van der Waals surface area (Å²) >= 11 is 0. The quantitative estimate of drug-likeness (QED) is 0.931. The van der Waals surface area contributed by atoms with Crippen LogP contribution in [0.1, 0.15) is 28.9 Å². The number of pyridine rings is 1. The number of aliphatic carboxylic acids is 1. The second-order valence-corrected chi connectivity index (χ2v) is 6.19. The lowest BCUT2D eigenvalue weighted by molar-refractivity contribution is -0.151. The third kappa shape index (κ3) is 2.63. The maximum absolute atomic E-state index is 12.9. The van der Waals surface area contributed by atoms with Crippen molar-refractivity contribution in [1.29, 1.82) is 0 Å². The van der Waals surface area contributed by atoms with Crippen LogP contribution in [0.5, 0.6) is 0 Å². The van der Waals surface area contributed by atoms with E-state index in [2.05, 4.69) is 4.98 Å². The molecule has 0 bridgehead atoms. The Morgan fingerprint density at radius 3 is 2.83 bits per heavy atom. The molecule has 126 valence electrons. The highest BCUT2D eigenvalue weighted by Gasteiger charge is 2.50. The van der Waals surface area contributed by atoms with E-state index < -0.39 is 11.5 Å². The van der Waals surface area contributed by atoms with E-state index in [9.17, 15) is 14.7 Å². The average Bonchev–Trinajstić information content (AvgIpc) is 2.99. The number of rotatable bonds is 4. The number of aryl methyl sites for hydroxylation is 1. The second-order valence-electron chi connectivity index (χ2n) is 6.19. The van der Waals surface area contributed by atoms with Crippen LogP contribution in [0.25, 0.3) is 10.9 Å². The third-order valence-corrected chi connectivity index (χ3v) is 4.59. The number of benzene rings is 1. The molecule has 6 heteroatoms. The number of amides is 1. The van der Waals surface area contributed by atoms with Crippen LogP contribution in [0, 0.1) is 6.92 Å². The maximum atomic E-state index is 12.9. The minimum Gasteiger partial charge on any atom is -0.479 e. The lowest BCUT2D eigenvalue weighted by atomic mass is 9.96. The molecule has 1 amide bonds. The van der Waals surface area contributed by atoms with Crippen LogP contribution in [0.4, 0.5) is 0 Å². The number of ether oxygens (including phenoxy) is 1.